The fourth-order valence-corrected chi connectivity index (χ4v) is 4.55. The topological polar surface area (TPSA) is 111 Å². The monoisotopic (exact) mass is 419 g/mol. The molecule has 3 aliphatic rings. The Labute approximate surface area is 174 Å². The third kappa shape index (κ3) is 4.64. The Morgan fingerprint density at radius 3 is 2.48 bits per heavy atom. The highest BCUT2D eigenvalue weighted by atomic mass is 35.5. The molecule has 3 amide bonds. The van der Waals surface area contributed by atoms with E-state index in [4.69, 9.17) is 11.6 Å². The fraction of sp³-hybridized carbons (Fsp3) is 0.550. The van der Waals surface area contributed by atoms with Crippen LogP contribution >= 0.6 is 11.6 Å². The van der Waals surface area contributed by atoms with Crippen LogP contribution in [-0.4, -0.2) is 36.2 Å². The molecule has 4 rings (SSSR count). The SMILES string of the molecule is O=C1CC(C(=O)NC2CCCCC2)C2C(=O)NC(Nc3ccc(Cl)cc3)NC2N1. The van der Waals surface area contributed by atoms with Crippen molar-refractivity contribution in [2.24, 2.45) is 11.8 Å². The standard InChI is InChI=1S/C20H26ClN5O3/c21-11-6-8-13(9-7-11)23-20-25-17-16(19(29)26-20)14(10-15(27)24-17)18(28)22-12-4-2-1-3-5-12/h6-9,12,14,16-17,20,23,25H,1-5,10H2,(H,22,28)(H,24,27)(H,26,29). The number of carbonyl (C=O) groups is 3. The molecule has 29 heavy (non-hydrogen) atoms. The van der Waals surface area contributed by atoms with Gasteiger partial charge < -0.3 is 21.3 Å². The van der Waals surface area contributed by atoms with Gasteiger partial charge in [-0.3, -0.25) is 19.7 Å². The lowest BCUT2D eigenvalue weighted by molar-refractivity contribution is -0.147. The number of nitrogens with one attached hydrogen (secondary N) is 5. The smallest absolute Gasteiger partial charge is 0.229 e. The molecule has 0 bridgehead atoms. The second kappa shape index (κ2) is 8.59. The molecule has 5 N–H and O–H groups in total. The lowest BCUT2D eigenvalue weighted by atomic mass is 9.80. The quantitative estimate of drug-likeness (QED) is 0.505. The van der Waals surface area contributed by atoms with Gasteiger partial charge in [-0.15, -0.1) is 0 Å². The highest BCUT2D eigenvalue weighted by molar-refractivity contribution is 6.30. The molecule has 9 heteroatoms. The van der Waals surface area contributed by atoms with E-state index in [0.717, 1.165) is 31.4 Å². The van der Waals surface area contributed by atoms with Crippen LogP contribution in [0.2, 0.25) is 5.02 Å². The molecule has 2 heterocycles. The van der Waals surface area contributed by atoms with Crippen LogP contribution in [0.15, 0.2) is 24.3 Å². The number of fused-ring (bicyclic) bond motifs is 1. The van der Waals surface area contributed by atoms with E-state index in [0.29, 0.717) is 5.02 Å². The van der Waals surface area contributed by atoms with Crippen molar-refractivity contribution in [3.8, 4) is 0 Å². The molecule has 2 aliphatic heterocycles. The van der Waals surface area contributed by atoms with Crippen LogP contribution in [0.4, 0.5) is 5.69 Å². The van der Waals surface area contributed by atoms with Crippen LogP contribution in [0.5, 0.6) is 0 Å². The number of anilines is 1. The molecule has 1 aromatic rings. The maximum atomic E-state index is 12.9. The highest BCUT2D eigenvalue weighted by Gasteiger charge is 2.48. The molecule has 0 aromatic heterocycles. The van der Waals surface area contributed by atoms with Gasteiger partial charge in [0.05, 0.1) is 18.0 Å². The Morgan fingerprint density at radius 2 is 1.76 bits per heavy atom. The Hall–Kier alpha value is -2.32. The van der Waals surface area contributed by atoms with Gasteiger partial charge in [0.2, 0.25) is 17.7 Å². The van der Waals surface area contributed by atoms with Gasteiger partial charge in [0.1, 0.15) is 0 Å². The van der Waals surface area contributed by atoms with Gasteiger partial charge in [0, 0.05) is 23.2 Å². The van der Waals surface area contributed by atoms with E-state index < -0.39 is 24.3 Å². The molecule has 156 valence electrons. The normalized spacial score (nSPS) is 30.0. The number of piperidine rings is 1. The molecular formula is C20H26ClN5O3. The van der Waals surface area contributed by atoms with Crippen LogP contribution in [0.25, 0.3) is 0 Å². The van der Waals surface area contributed by atoms with E-state index in [1.165, 1.54) is 6.42 Å². The summed E-state index contributed by atoms with van der Waals surface area (Å²) < 4.78 is 0. The molecule has 3 fully saturated rings. The van der Waals surface area contributed by atoms with Crippen molar-refractivity contribution >= 4 is 35.0 Å². The Bertz CT molecular complexity index is 781. The molecule has 1 aromatic carbocycles. The fourth-order valence-electron chi connectivity index (χ4n) is 4.42. The van der Waals surface area contributed by atoms with E-state index in [9.17, 15) is 14.4 Å². The molecule has 1 aliphatic carbocycles. The Kier molecular flexibility index (Phi) is 5.91. The number of hydrogen-bond acceptors (Lipinski definition) is 5. The summed E-state index contributed by atoms with van der Waals surface area (Å²) in [5, 5.41) is 15.7. The average molecular weight is 420 g/mol. The number of carbonyl (C=O) groups excluding carboxylic acids is 3. The van der Waals surface area contributed by atoms with E-state index >= 15 is 0 Å². The Balaban J connectivity index is 1.43. The molecule has 4 unspecified atom stereocenters. The van der Waals surface area contributed by atoms with Crippen molar-refractivity contribution in [1.82, 2.24) is 21.3 Å². The number of hydrogen-bond donors (Lipinski definition) is 5. The average Bonchev–Trinajstić information content (AvgIpc) is 2.69. The van der Waals surface area contributed by atoms with Crippen LogP contribution in [0.1, 0.15) is 38.5 Å². The summed E-state index contributed by atoms with van der Waals surface area (Å²) >= 11 is 5.90. The minimum absolute atomic E-state index is 0.0180. The number of rotatable bonds is 4. The molecule has 1 saturated carbocycles. The van der Waals surface area contributed by atoms with Crippen molar-refractivity contribution in [3.05, 3.63) is 29.3 Å². The van der Waals surface area contributed by atoms with Crippen molar-refractivity contribution in [2.75, 3.05) is 5.32 Å². The lowest BCUT2D eigenvalue weighted by Crippen LogP contribution is -2.72. The first-order valence-corrected chi connectivity index (χ1v) is 10.6. The third-order valence-corrected chi connectivity index (χ3v) is 6.15. The van der Waals surface area contributed by atoms with Gasteiger partial charge in [-0.2, -0.15) is 0 Å². The first-order valence-electron chi connectivity index (χ1n) is 10.2. The summed E-state index contributed by atoms with van der Waals surface area (Å²) in [6.45, 7) is 0. The lowest BCUT2D eigenvalue weighted by Gasteiger charge is -2.43. The van der Waals surface area contributed by atoms with Gasteiger partial charge in [-0.05, 0) is 37.1 Å². The summed E-state index contributed by atoms with van der Waals surface area (Å²) in [7, 11) is 0. The summed E-state index contributed by atoms with van der Waals surface area (Å²) in [4.78, 5) is 38.0. The van der Waals surface area contributed by atoms with Crippen LogP contribution < -0.4 is 26.6 Å². The van der Waals surface area contributed by atoms with Gasteiger partial charge >= 0.3 is 0 Å². The highest BCUT2D eigenvalue weighted by Crippen LogP contribution is 2.28. The molecule has 2 saturated heterocycles. The minimum atomic E-state index is -0.681. The molecule has 8 nitrogen and oxygen atoms in total. The maximum Gasteiger partial charge on any atom is 0.229 e. The molecular weight excluding hydrogens is 394 g/mol. The van der Waals surface area contributed by atoms with Gasteiger partial charge in [0.25, 0.3) is 0 Å². The molecule has 0 radical (unpaired) electrons. The van der Waals surface area contributed by atoms with E-state index in [1.54, 1.807) is 24.3 Å². The van der Waals surface area contributed by atoms with E-state index in [1.807, 2.05) is 0 Å². The number of benzene rings is 1. The summed E-state index contributed by atoms with van der Waals surface area (Å²) in [6, 6.07) is 7.21. The third-order valence-electron chi connectivity index (χ3n) is 5.89. The minimum Gasteiger partial charge on any atom is -0.353 e. The summed E-state index contributed by atoms with van der Waals surface area (Å²) in [5.74, 6) is -2.03. The first-order chi connectivity index (χ1) is 14.0. The van der Waals surface area contributed by atoms with Crippen molar-refractivity contribution < 1.29 is 14.4 Å². The summed E-state index contributed by atoms with van der Waals surface area (Å²) in [6.07, 6.45) is 4.13. The zero-order valence-corrected chi connectivity index (χ0v) is 16.8. The van der Waals surface area contributed by atoms with Gasteiger partial charge in [-0.1, -0.05) is 30.9 Å². The van der Waals surface area contributed by atoms with E-state index in [-0.39, 0.29) is 30.2 Å². The van der Waals surface area contributed by atoms with Crippen LogP contribution in [-0.2, 0) is 14.4 Å². The van der Waals surface area contributed by atoms with Crippen LogP contribution in [0.3, 0.4) is 0 Å². The number of amides is 3. The molecule has 0 spiro atoms. The second-order valence-corrected chi connectivity index (χ2v) is 8.42. The van der Waals surface area contributed by atoms with Crippen molar-refractivity contribution in [2.45, 2.75) is 57.0 Å². The predicted molar refractivity (Wildman–Crippen MR) is 109 cm³/mol. The second-order valence-electron chi connectivity index (χ2n) is 7.98. The van der Waals surface area contributed by atoms with Crippen molar-refractivity contribution in [3.63, 3.8) is 0 Å². The zero-order chi connectivity index (χ0) is 20.4. The van der Waals surface area contributed by atoms with E-state index in [2.05, 4.69) is 26.6 Å². The Morgan fingerprint density at radius 1 is 1.03 bits per heavy atom. The van der Waals surface area contributed by atoms with Gasteiger partial charge in [-0.25, -0.2) is 0 Å². The predicted octanol–water partition coefficient (Wildman–Crippen LogP) is 1.28. The first kappa shape index (κ1) is 20.0. The zero-order valence-electron chi connectivity index (χ0n) is 16.0. The van der Waals surface area contributed by atoms with Crippen molar-refractivity contribution in [1.29, 1.82) is 0 Å². The molecule has 4 atom stereocenters. The largest absolute Gasteiger partial charge is 0.353 e. The summed E-state index contributed by atoms with van der Waals surface area (Å²) in [5.41, 5.74) is 0.763. The van der Waals surface area contributed by atoms with Crippen LogP contribution in [0, 0.1) is 11.8 Å². The van der Waals surface area contributed by atoms with Gasteiger partial charge in [0.15, 0.2) is 6.29 Å². The number of halogens is 1. The maximum absolute atomic E-state index is 12.9.